The molecule has 0 saturated heterocycles. The Balaban J connectivity index is 1.40. The van der Waals surface area contributed by atoms with Crippen LogP contribution in [0.2, 0.25) is 0 Å². The van der Waals surface area contributed by atoms with E-state index in [-0.39, 0.29) is 10.8 Å². The van der Waals surface area contributed by atoms with E-state index in [1.165, 1.54) is 50.8 Å². The third-order valence-electron chi connectivity index (χ3n) is 10.8. The number of hydrogen-bond acceptors (Lipinski definition) is 3. The molecule has 0 saturated carbocycles. The van der Waals surface area contributed by atoms with Crippen molar-refractivity contribution in [3.8, 4) is 23.0 Å². The molecule has 0 bridgehead atoms. The molecule has 0 N–H and O–H groups in total. The molecular weight excluding hydrogens is 637 g/mol. The van der Waals surface area contributed by atoms with Crippen molar-refractivity contribution in [1.82, 2.24) is 19.3 Å². The predicted octanol–water partition coefficient (Wildman–Crippen LogP) is 12.9. The molecule has 270 valence electrons. The van der Waals surface area contributed by atoms with Crippen LogP contribution in [-0.2, 0) is 10.8 Å². The first-order valence-corrected chi connectivity index (χ1v) is 19.1. The Morgan fingerprint density at radius 3 is 2.19 bits per heavy atom. The van der Waals surface area contributed by atoms with Gasteiger partial charge in [-0.15, -0.1) is 0 Å². The second-order valence-corrected chi connectivity index (χ2v) is 17.8. The number of ether oxygens (including phenoxy) is 1. The molecule has 0 radical (unpaired) electrons. The minimum atomic E-state index is -0.147. The number of benzene rings is 3. The lowest BCUT2D eigenvalue weighted by molar-refractivity contribution is 0.382. The molecule has 52 heavy (non-hydrogen) atoms. The van der Waals surface area contributed by atoms with E-state index < -0.39 is 0 Å². The van der Waals surface area contributed by atoms with Crippen LogP contribution in [0.1, 0.15) is 122 Å². The molecule has 1 aliphatic rings. The molecule has 6 aromatic rings. The molecule has 3 atom stereocenters. The molecule has 3 aromatic carbocycles. The van der Waals surface area contributed by atoms with Crippen LogP contribution >= 0.6 is 0 Å². The van der Waals surface area contributed by atoms with Gasteiger partial charge in [0, 0.05) is 51.4 Å². The van der Waals surface area contributed by atoms with Crippen molar-refractivity contribution in [3.63, 3.8) is 0 Å². The number of allylic oxidation sites excluding steroid dienone is 2. The zero-order valence-electron chi connectivity index (χ0n) is 33.3. The summed E-state index contributed by atoms with van der Waals surface area (Å²) in [7, 11) is 0. The van der Waals surface area contributed by atoms with Crippen molar-refractivity contribution >= 4 is 21.8 Å². The maximum absolute atomic E-state index is 6.86. The molecule has 7 rings (SSSR count). The summed E-state index contributed by atoms with van der Waals surface area (Å²) in [4.78, 5) is 4.78. The molecule has 1 aliphatic carbocycles. The Kier molecular flexibility index (Phi) is 9.00. The van der Waals surface area contributed by atoms with Gasteiger partial charge in [0.1, 0.15) is 17.3 Å². The van der Waals surface area contributed by atoms with Gasteiger partial charge in [-0.05, 0) is 91.6 Å². The number of pyridine rings is 1. The fourth-order valence-corrected chi connectivity index (χ4v) is 8.65. The smallest absolute Gasteiger partial charge is 0.137 e. The SMILES string of the molecule is CC1=CC(C)C[C@H](C)[C@@H]1c1c(C(C)(C)C)nn(-c2cc(Oc3ccc4c5ccccc5n(-c5cc(C)ccn5)c4c3)cc(C(C)C)c2)c1C(C)(C)C. The van der Waals surface area contributed by atoms with Gasteiger partial charge >= 0.3 is 0 Å². The van der Waals surface area contributed by atoms with Crippen LogP contribution < -0.4 is 4.74 Å². The quantitative estimate of drug-likeness (QED) is 0.163. The summed E-state index contributed by atoms with van der Waals surface area (Å²) < 4.78 is 11.4. The monoisotopic (exact) mass is 692 g/mol. The summed E-state index contributed by atoms with van der Waals surface area (Å²) >= 11 is 0. The summed E-state index contributed by atoms with van der Waals surface area (Å²) in [5, 5.41) is 7.94. The number of hydrogen-bond donors (Lipinski definition) is 0. The van der Waals surface area contributed by atoms with Gasteiger partial charge in [0.05, 0.1) is 28.1 Å². The van der Waals surface area contributed by atoms with Crippen LogP contribution in [0, 0.1) is 18.8 Å². The average molecular weight is 693 g/mol. The largest absolute Gasteiger partial charge is 0.457 e. The van der Waals surface area contributed by atoms with Crippen molar-refractivity contribution in [2.75, 3.05) is 0 Å². The number of fused-ring (bicyclic) bond motifs is 3. The topological polar surface area (TPSA) is 44.9 Å². The van der Waals surface area contributed by atoms with Gasteiger partial charge in [-0.3, -0.25) is 4.57 Å². The highest BCUT2D eigenvalue weighted by atomic mass is 16.5. The van der Waals surface area contributed by atoms with Gasteiger partial charge in [-0.1, -0.05) is 99.1 Å². The Bertz CT molecular complexity index is 2320. The normalized spacial score (nSPS) is 18.4. The highest BCUT2D eigenvalue weighted by molar-refractivity contribution is 6.09. The molecule has 0 amide bonds. The van der Waals surface area contributed by atoms with Crippen molar-refractivity contribution in [1.29, 1.82) is 0 Å². The van der Waals surface area contributed by atoms with Crippen molar-refractivity contribution in [3.05, 3.63) is 119 Å². The number of rotatable bonds is 6. The van der Waals surface area contributed by atoms with E-state index in [0.29, 0.717) is 23.7 Å². The van der Waals surface area contributed by atoms with Gasteiger partial charge in [-0.2, -0.15) is 5.10 Å². The van der Waals surface area contributed by atoms with Crippen molar-refractivity contribution in [2.24, 2.45) is 11.8 Å². The van der Waals surface area contributed by atoms with E-state index in [4.69, 9.17) is 14.8 Å². The van der Waals surface area contributed by atoms with Crippen LogP contribution in [0.5, 0.6) is 11.5 Å². The van der Waals surface area contributed by atoms with E-state index in [9.17, 15) is 0 Å². The van der Waals surface area contributed by atoms with Gasteiger partial charge in [0.25, 0.3) is 0 Å². The van der Waals surface area contributed by atoms with Crippen LogP contribution in [-0.4, -0.2) is 19.3 Å². The molecule has 1 unspecified atom stereocenters. The Morgan fingerprint density at radius 1 is 0.788 bits per heavy atom. The van der Waals surface area contributed by atoms with E-state index in [0.717, 1.165) is 34.0 Å². The zero-order chi connectivity index (χ0) is 37.3. The van der Waals surface area contributed by atoms with E-state index in [1.54, 1.807) is 0 Å². The molecule has 5 heteroatoms. The highest BCUT2D eigenvalue weighted by Gasteiger charge is 2.40. The predicted molar refractivity (Wildman–Crippen MR) is 218 cm³/mol. The second-order valence-electron chi connectivity index (χ2n) is 17.8. The molecule has 0 fully saturated rings. The third kappa shape index (κ3) is 6.48. The standard InChI is InChI=1S/C47H56N4O/c1-28(2)33-24-34(51-45(47(10,11)12)43(44(49-51)46(7,8)9)42-31(5)21-30(4)22-32(42)6)26-36(25-33)52-35-17-18-38-37-15-13-14-16-39(37)50(40(38)27-35)41-23-29(3)19-20-48-41/h13-21,23-28,30,32,42H,22H2,1-12H3/t30?,32-,42+/m0/s1. The zero-order valence-corrected chi connectivity index (χ0v) is 33.3. The second kappa shape index (κ2) is 13.1. The molecule has 5 nitrogen and oxygen atoms in total. The first kappa shape index (κ1) is 35.7. The molecule has 0 spiro atoms. The third-order valence-corrected chi connectivity index (χ3v) is 10.8. The van der Waals surface area contributed by atoms with Crippen LogP contribution in [0.25, 0.3) is 33.3 Å². The Labute approximate surface area is 310 Å². The highest BCUT2D eigenvalue weighted by Crippen LogP contribution is 2.48. The van der Waals surface area contributed by atoms with Gasteiger partial charge in [0.15, 0.2) is 0 Å². The molecule has 0 aliphatic heterocycles. The van der Waals surface area contributed by atoms with Gasteiger partial charge in [-0.25, -0.2) is 9.67 Å². The van der Waals surface area contributed by atoms with Crippen molar-refractivity contribution < 1.29 is 4.74 Å². The minimum absolute atomic E-state index is 0.126. The fourth-order valence-electron chi connectivity index (χ4n) is 8.65. The number of aryl methyl sites for hydroxylation is 1. The average Bonchev–Trinajstić information content (AvgIpc) is 3.61. The lowest BCUT2D eigenvalue weighted by Crippen LogP contribution is -2.27. The van der Waals surface area contributed by atoms with Crippen LogP contribution in [0.3, 0.4) is 0 Å². The first-order valence-electron chi connectivity index (χ1n) is 19.1. The summed E-state index contributed by atoms with van der Waals surface area (Å²) in [5.74, 6) is 4.25. The summed E-state index contributed by atoms with van der Waals surface area (Å²) in [5.41, 5.74) is 10.7. The molecule has 3 aromatic heterocycles. The lowest BCUT2D eigenvalue weighted by Gasteiger charge is -2.36. The van der Waals surface area contributed by atoms with Gasteiger partial charge in [0.2, 0.25) is 0 Å². The van der Waals surface area contributed by atoms with E-state index >= 15 is 0 Å². The molecular formula is C47H56N4O. The number of nitrogens with zero attached hydrogens (tertiary/aromatic N) is 4. The van der Waals surface area contributed by atoms with E-state index in [2.05, 4.69) is 165 Å². The van der Waals surface area contributed by atoms with Crippen LogP contribution in [0.4, 0.5) is 0 Å². The lowest BCUT2D eigenvalue weighted by atomic mass is 9.68. The summed E-state index contributed by atoms with van der Waals surface area (Å²) in [6.45, 7) is 27.7. The minimum Gasteiger partial charge on any atom is -0.457 e. The maximum atomic E-state index is 6.86. The molecule has 3 heterocycles. The maximum Gasteiger partial charge on any atom is 0.137 e. The van der Waals surface area contributed by atoms with Crippen LogP contribution in [0.15, 0.2) is 90.6 Å². The first-order chi connectivity index (χ1) is 24.5. The number of aromatic nitrogens is 4. The Hall–Kier alpha value is -4.64. The summed E-state index contributed by atoms with van der Waals surface area (Å²) in [6.07, 6.45) is 5.57. The van der Waals surface area contributed by atoms with Crippen molar-refractivity contribution in [2.45, 2.75) is 112 Å². The summed E-state index contributed by atoms with van der Waals surface area (Å²) in [6, 6.07) is 25.8. The van der Waals surface area contributed by atoms with Gasteiger partial charge < -0.3 is 4.74 Å². The van der Waals surface area contributed by atoms with E-state index in [1.807, 2.05) is 12.3 Å². The Morgan fingerprint density at radius 2 is 1.52 bits per heavy atom. The number of para-hydroxylation sites is 1. The fraction of sp³-hybridized carbons (Fsp3) is 0.404.